The Bertz CT molecular complexity index is 1440. The Morgan fingerprint density at radius 2 is 2.06 bits per heavy atom. The summed E-state index contributed by atoms with van der Waals surface area (Å²) in [5.41, 5.74) is 3.73. The van der Waals surface area contributed by atoms with Gasteiger partial charge >= 0.3 is 0 Å². The lowest BCUT2D eigenvalue weighted by Crippen LogP contribution is -2.16. The molecule has 7 heteroatoms. The van der Waals surface area contributed by atoms with Crippen molar-refractivity contribution < 1.29 is 9.53 Å². The SMILES string of the molecule is Cc1cc(C(=O)Nc2cccc(Oc3ccc4c(/C=C/C5C=CC=CC5)n[nH]c4c3)c2)n(C)n1. The Morgan fingerprint density at radius 1 is 1.18 bits per heavy atom. The summed E-state index contributed by atoms with van der Waals surface area (Å²) in [4.78, 5) is 12.6. The molecule has 0 saturated carbocycles. The number of benzene rings is 2. The summed E-state index contributed by atoms with van der Waals surface area (Å²) in [6.45, 7) is 1.85. The Labute approximate surface area is 197 Å². The van der Waals surface area contributed by atoms with Crippen LogP contribution in [-0.4, -0.2) is 25.9 Å². The maximum atomic E-state index is 12.6. The minimum absolute atomic E-state index is 0.223. The molecule has 2 aromatic carbocycles. The second-order valence-electron chi connectivity index (χ2n) is 8.27. The number of aryl methyl sites for hydroxylation is 2. The second-order valence-corrected chi connectivity index (χ2v) is 8.27. The zero-order valence-corrected chi connectivity index (χ0v) is 19.0. The normalized spacial score (nSPS) is 15.3. The maximum Gasteiger partial charge on any atom is 0.273 e. The molecule has 0 bridgehead atoms. The Morgan fingerprint density at radius 3 is 2.85 bits per heavy atom. The van der Waals surface area contributed by atoms with E-state index in [0.717, 1.165) is 28.7 Å². The van der Waals surface area contributed by atoms with Crippen molar-refractivity contribution in [3.8, 4) is 11.5 Å². The molecule has 5 rings (SSSR count). The number of hydrogen-bond acceptors (Lipinski definition) is 4. The third-order valence-corrected chi connectivity index (χ3v) is 5.64. The number of carbonyl (C=O) groups excluding carboxylic acids is 1. The van der Waals surface area contributed by atoms with Crippen LogP contribution in [0.25, 0.3) is 17.0 Å². The van der Waals surface area contributed by atoms with Crippen LogP contribution in [0.3, 0.4) is 0 Å². The number of H-pyrrole nitrogens is 1. The van der Waals surface area contributed by atoms with Gasteiger partial charge in [0.2, 0.25) is 0 Å². The highest BCUT2D eigenvalue weighted by Crippen LogP contribution is 2.28. The summed E-state index contributed by atoms with van der Waals surface area (Å²) < 4.78 is 7.62. The highest BCUT2D eigenvalue weighted by atomic mass is 16.5. The summed E-state index contributed by atoms with van der Waals surface area (Å²) in [7, 11) is 1.75. The monoisotopic (exact) mass is 451 g/mol. The second kappa shape index (κ2) is 9.23. The highest BCUT2D eigenvalue weighted by Gasteiger charge is 2.13. The minimum atomic E-state index is -0.223. The predicted octanol–water partition coefficient (Wildman–Crippen LogP) is 5.79. The van der Waals surface area contributed by atoms with Crippen molar-refractivity contribution >= 4 is 28.6 Å². The average Bonchev–Trinajstić information content (AvgIpc) is 3.40. The fraction of sp³-hybridized carbons (Fsp3) is 0.148. The standard InChI is InChI=1S/C27H25N5O2/c1-18-15-26(32(2)31-18)27(33)28-20-9-6-10-21(16-20)34-22-12-13-23-24(29-30-25(23)17-22)14-11-19-7-4-3-5-8-19/h3-7,9-17,19H,8H2,1-2H3,(H,28,33)(H,29,30)/b14-11+. The number of fused-ring (bicyclic) bond motifs is 1. The van der Waals surface area contributed by atoms with E-state index in [-0.39, 0.29) is 5.91 Å². The average molecular weight is 452 g/mol. The molecule has 1 atom stereocenters. The van der Waals surface area contributed by atoms with Crippen molar-refractivity contribution in [3.05, 3.63) is 96.0 Å². The van der Waals surface area contributed by atoms with E-state index in [2.05, 4.69) is 57.1 Å². The minimum Gasteiger partial charge on any atom is -0.457 e. The number of allylic oxidation sites excluding steroid dienone is 5. The van der Waals surface area contributed by atoms with Gasteiger partial charge in [0.15, 0.2) is 0 Å². The van der Waals surface area contributed by atoms with Gasteiger partial charge in [-0.15, -0.1) is 0 Å². The number of ether oxygens (including phenoxy) is 1. The van der Waals surface area contributed by atoms with Crippen molar-refractivity contribution in [2.45, 2.75) is 13.3 Å². The molecule has 0 radical (unpaired) electrons. The zero-order valence-electron chi connectivity index (χ0n) is 19.0. The van der Waals surface area contributed by atoms with Crippen LogP contribution in [0.1, 0.15) is 28.3 Å². The number of hydrogen-bond donors (Lipinski definition) is 2. The van der Waals surface area contributed by atoms with Crippen molar-refractivity contribution in [3.63, 3.8) is 0 Å². The van der Waals surface area contributed by atoms with Crippen LogP contribution < -0.4 is 10.1 Å². The summed E-state index contributed by atoms with van der Waals surface area (Å²) in [6, 6.07) is 14.9. The van der Waals surface area contributed by atoms with Gasteiger partial charge in [-0.2, -0.15) is 10.2 Å². The fourth-order valence-corrected chi connectivity index (χ4v) is 3.96. The molecule has 2 N–H and O–H groups in total. The molecule has 170 valence electrons. The Kier molecular flexibility index (Phi) is 5.82. The summed E-state index contributed by atoms with van der Waals surface area (Å²) in [5.74, 6) is 1.47. The molecule has 7 nitrogen and oxygen atoms in total. The molecule has 1 aliphatic carbocycles. The molecule has 0 spiro atoms. The molecule has 2 aromatic heterocycles. The lowest BCUT2D eigenvalue weighted by molar-refractivity contribution is 0.101. The molecule has 4 aromatic rings. The number of aromatic amines is 1. The zero-order chi connectivity index (χ0) is 23.5. The largest absolute Gasteiger partial charge is 0.457 e. The lowest BCUT2D eigenvalue weighted by atomic mass is 10.00. The lowest BCUT2D eigenvalue weighted by Gasteiger charge is -2.09. The Balaban J connectivity index is 1.29. The van der Waals surface area contributed by atoms with Gasteiger partial charge in [-0.1, -0.05) is 36.4 Å². The van der Waals surface area contributed by atoms with Crippen LogP contribution in [0.2, 0.25) is 0 Å². The summed E-state index contributed by atoms with van der Waals surface area (Å²) in [5, 5.41) is 15.7. The van der Waals surface area contributed by atoms with E-state index in [1.54, 1.807) is 23.9 Å². The van der Waals surface area contributed by atoms with Gasteiger partial charge in [0, 0.05) is 30.3 Å². The molecule has 2 heterocycles. The van der Waals surface area contributed by atoms with Crippen LogP contribution in [0.5, 0.6) is 11.5 Å². The predicted molar refractivity (Wildman–Crippen MR) is 134 cm³/mol. The van der Waals surface area contributed by atoms with Gasteiger partial charge in [-0.05, 0) is 55.7 Å². The van der Waals surface area contributed by atoms with Crippen molar-refractivity contribution in [1.82, 2.24) is 20.0 Å². The van der Waals surface area contributed by atoms with E-state index in [4.69, 9.17) is 4.74 Å². The first-order valence-electron chi connectivity index (χ1n) is 11.1. The van der Waals surface area contributed by atoms with E-state index in [9.17, 15) is 4.79 Å². The van der Waals surface area contributed by atoms with Gasteiger partial charge in [-0.3, -0.25) is 14.6 Å². The third-order valence-electron chi connectivity index (χ3n) is 5.64. The first-order valence-corrected chi connectivity index (χ1v) is 11.1. The molecule has 0 aliphatic heterocycles. The molecule has 1 unspecified atom stereocenters. The van der Waals surface area contributed by atoms with Crippen LogP contribution in [0.15, 0.2) is 78.9 Å². The number of amides is 1. The molecular weight excluding hydrogens is 426 g/mol. The fourth-order valence-electron chi connectivity index (χ4n) is 3.96. The van der Waals surface area contributed by atoms with Crippen LogP contribution in [0, 0.1) is 12.8 Å². The van der Waals surface area contributed by atoms with Crippen LogP contribution >= 0.6 is 0 Å². The molecular formula is C27H25N5O2. The number of carbonyl (C=O) groups is 1. The molecule has 1 aliphatic rings. The van der Waals surface area contributed by atoms with Crippen LogP contribution in [-0.2, 0) is 7.05 Å². The summed E-state index contributed by atoms with van der Waals surface area (Å²) >= 11 is 0. The van der Waals surface area contributed by atoms with E-state index < -0.39 is 0 Å². The van der Waals surface area contributed by atoms with E-state index >= 15 is 0 Å². The van der Waals surface area contributed by atoms with Gasteiger partial charge in [0.25, 0.3) is 5.91 Å². The smallest absolute Gasteiger partial charge is 0.273 e. The number of anilines is 1. The topological polar surface area (TPSA) is 84.8 Å². The van der Waals surface area contributed by atoms with Gasteiger partial charge < -0.3 is 10.1 Å². The summed E-state index contributed by atoms with van der Waals surface area (Å²) in [6.07, 6.45) is 13.7. The van der Waals surface area contributed by atoms with E-state index in [0.29, 0.717) is 28.8 Å². The molecule has 34 heavy (non-hydrogen) atoms. The number of aromatic nitrogens is 4. The number of nitrogens with zero attached hydrogens (tertiary/aromatic N) is 3. The highest BCUT2D eigenvalue weighted by molar-refractivity contribution is 6.03. The van der Waals surface area contributed by atoms with E-state index in [1.807, 2.05) is 43.3 Å². The third kappa shape index (κ3) is 4.68. The number of rotatable bonds is 6. The Hall–Kier alpha value is -4.39. The first-order chi connectivity index (χ1) is 16.5. The van der Waals surface area contributed by atoms with E-state index in [1.165, 1.54) is 0 Å². The quantitative estimate of drug-likeness (QED) is 0.388. The maximum absolute atomic E-state index is 12.6. The van der Waals surface area contributed by atoms with Crippen molar-refractivity contribution in [1.29, 1.82) is 0 Å². The van der Waals surface area contributed by atoms with Gasteiger partial charge in [0.1, 0.15) is 17.2 Å². The van der Waals surface area contributed by atoms with Gasteiger partial charge in [0.05, 0.1) is 16.9 Å². The molecule has 1 amide bonds. The molecule has 0 saturated heterocycles. The van der Waals surface area contributed by atoms with Crippen LogP contribution in [0.4, 0.5) is 5.69 Å². The van der Waals surface area contributed by atoms with Crippen molar-refractivity contribution in [2.75, 3.05) is 5.32 Å². The van der Waals surface area contributed by atoms with Crippen molar-refractivity contribution in [2.24, 2.45) is 13.0 Å². The number of nitrogens with one attached hydrogen (secondary N) is 2. The first kappa shape index (κ1) is 21.5. The molecule has 0 fully saturated rings. The van der Waals surface area contributed by atoms with Gasteiger partial charge in [-0.25, -0.2) is 0 Å².